The largest absolute Gasteiger partial charge is 0.340 e. The molecular weight excluding hydrogens is 420 g/mol. The monoisotopic (exact) mass is 454 g/mol. The molecule has 1 aromatic carbocycles. The van der Waals surface area contributed by atoms with Gasteiger partial charge in [0.05, 0.1) is 18.6 Å². The Morgan fingerprint density at radius 3 is 2.52 bits per heavy atom. The van der Waals surface area contributed by atoms with Crippen LogP contribution in [-0.2, 0) is 21.5 Å². The van der Waals surface area contributed by atoms with Crippen molar-refractivity contribution < 1.29 is 14.1 Å². The van der Waals surface area contributed by atoms with Crippen molar-refractivity contribution in [3.8, 4) is 0 Å². The van der Waals surface area contributed by atoms with Crippen molar-refractivity contribution in [2.24, 2.45) is 0 Å². The normalized spacial score (nSPS) is 18.4. The summed E-state index contributed by atoms with van der Waals surface area (Å²) >= 11 is 0. The Morgan fingerprint density at radius 2 is 1.85 bits per heavy atom. The maximum absolute atomic E-state index is 12.9. The van der Waals surface area contributed by atoms with Gasteiger partial charge in [-0.3, -0.25) is 19.8 Å². The summed E-state index contributed by atoms with van der Waals surface area (Å²) in [7, 11) is 0. The standard InChI is InChI=1S/C24H34N6O3/c1-3-19-8-4-5-9-20(19)27-21(31)17-29-12-14-30(15-13-29)22(32)16-25-24(10-6-7-11-24)23-26-18(2)33-28-23/h4-5,8-9,25H,3,6-7,10-17H2,1-2H3,(H,27,31). The van der Waals surface area contributed by atoms with Crippen LogP contribution in [0.4, 0.5) is 5.69 Å². The number of hydrogen-bond donors (Lipinski definition) is 2. The van der Waals surface area contributed by atoms with Crippen molar-refractivity contribution in [1.82, 2.24) is 25.3 Å². The van der Waals surface area contributed by atoms with Gasteiger partial charge in [-0.1, -0.05) is 43.1 Å². The van der Waals surface area contributed by atoms with Gasteiger partial charge in [-0.25, -0.2) is 0 Å². The third-order valence-electron chi connectivity index (χ3n) is 6.76. The summed E-state index contributed by atoms with van der Waals surface area (Å²) in [6.07, 6.45) is 4.85. The fourth-order valence-corrected chi connectivity index (χ4v) is 4.81. The van der Waals surface area contributed by atoms with E-state index >= 15 is 0 Å². The van der Waals surface area contributed by atoms with Gasteiger partial charge in [-0.15, -0.1) is 0 Å². The van der Waals surface area contributed by atoms with E-state index in [1.54, 1.807) is 6.92 Å². The third kappa shape index (κ3) is 5.59. The minimum absolute atomic E-state index is 0.0177. The van der Waals surface area contributed by atoms with Crippen molar-refractivity contribution >= 4 is 17.5 Å². The number of nitrogens with zero attached hydrogens (tertiary/aromatic N) is 4. The van der Waals surface area contributed by atoms with Gasteiger partial charge in [0.1, 0.15) is 0 Å². The first kappa shape index (κ1) is 23.4. The highest BCUT2D eigenvalue weighted by atomic mass is 16.5. The second-order valence-electron chi connectivity index (χ2n) is 9.00. The number of carbonyl (C=O) groups excluding carboxylic acids is 2. The van der Waals surface area contributed by atoms with Crippen LogP contribution in [0.3, 0.4) is 0 Å². The number of carbonyl (C=O) groups is 2. The van der Waals surface area contributed by atoms with E-state index in [9.17, 15) is 9.59 Å². The maximum Gasteiger partial charge on any atom is 0.238 e. The molecule has 0 unspecified atom stereocenters. The molecule has 2 fully saturated rings. The number of amides is 2. The number of para-hydroxylation sites is 1. The van der Waals surface area contributed by atoms with Gasteiger partial charge >= 0.3 is 0 Å². The lowest BCUT2D eigenvalue weighted by Crippen LogP contribution is -2.53. The lowest BCUT2D eigenvalue weighted by molar-refractivity contribution is -0.132. The van der Waals surface area contributed by atoms with Crippen molar-refractivity contribution in [3.63, 3.8) is 0 Å². The van der Waals surface area contributed by atoms with Crippen molar-refractivity contribution in [2.45, 2.75) is 51.5 Å². The summed E-state index contributed by atoms with van der Waals surface area (Å²) in [5.74, 6) is 1.26. The molecule has 1 saturated heterocycles. The molecule has 2 heterocycles. The van der Waals surface area contributed by atoms with Crippen LogP contribution in [-0.4, -0.2) is 71.0 Å². The second-order valence-corrected chi connectivity index (χ2v) is 9.00. The Morgan fingerprint density at radius 1 is 1.12 bits per heavy atom. The predicted octanol–water partition coefficient (Wildman–Crippen LogP) is 2.08. The van der Waals surface area contributed by atoms with Gasteiger partial charge in [-0.05, 0) is 30.9 Å². The molecule has 2 N–H and O–H groups in total. The molecular formula is C24H34N6O3. The third-order valence-corrected chi connectivity index (χ3v) is 6.76. The molecule has 1 aliphatic carbocycles. The number of nitrogens with one attached hydrogen (secondary N) is 2. The van der Waals surface area contributed by atoms with Crippen LogP contribution in [0.15, 0.2) is 28.8 Å². The van der Waals surface area contributed by atoms with E-state index in [4.69, 9.17) is 4.52 Å². The average molecular weight is 455 g/mol. The first-order valence-electron chi connectivity index (χ1n) is 11.9. The maximum atomic E-state index is 12.9. The molecule has 9 heteroatoms. The molecule has 178 valence electrons. The Hall–Kier alpha value is -2.78. The van der Waals surface area contributed by atoms with Gasteiger partial charge in [0.2, 0.25) is 17.7 Å². The Balaban J connectivity index is 1.24. The van der Waals surface area contributed by atoms with Gasteiger partial charge in [0, 0.05) is 38.8 Å². The minimum Gasteiger partial charge on any atom is -0.340 e. The molecule has 0 bridgehead atoms. The van der Waals surface area contributed by atoms with E-state index in [2.05, 4.69) is 32.6 Å². The molecule has 2 amide bonds. The Bertz CT molecular complexity index is 961. The Labute approximate surface area is 194 Å². The fraction of sp³-hybridized carbons (Fsp3) is 0.583. The summed E-state index contributed by atoms with van der Waals surface area (Å²) in [6, 6.07) is 7.89. The number of aromatic nitrogens is 2. The molecule has 4 rings (SSSR count). The number of piperazine rings is 1. The van der Waals surface area contributed by atoms with Crippen LogP contribution in [0.25, 0.3) is 0 Å². The predicted molar refractivity (Wildman–Crippen MR) is 125 cm³/mol. The zero-order chi connectivity index (χ0) is 23.3. The molecule has 1 aliphatic heterocycles. The van der Waals surface area contributed by atoms with Gasteiger partial charge < -0.3 is 14.7 Å². The number of aryl methyl sites for hydroxylation is 2. The van der Waals surface area contributed by atoms with E-state index in [0.717, 1.165) is 43.4 Å². The molecule has 2 aromatic rings. The first-order valence-corrected chi connectivity index (χ1v) is 11.9. The molecule has 1 saturated carbocycles. The lowest BCUT2D eigenvalue weighted by atomic mass is 9.96. The molecule has 33 heavy (non-hydrogen) atoms. The fourth-order valence-electron chi connectivity index (χ4n) is 4.81. The SMILES string of the molecule is CCc1ccccc1NC(=O)CN1CCN(C(=O)CNC2(c3noc(C)n3)CCCC2)CC1. The molecule has 9 nitrogen and oxygen atoms in total. The summed E-state index contributed by atoms with van der Waals surface area (Å²) in [4.78, 5) is 33.8. The van der Waals surface area contributed by atoms with Crippen LogP contribution < -0.4 is 10.6 Å². The summed E-state index contributed by atoms with van der Waals surface area (Å²) in [5.41, 5.74) is 1.63. The van der Waals surface area contributed by atoms with Crippen molar-refractivity contribution in [2.75, 3.05) is 44.6 Å². The van der Waals surface area contributed by atoms with E-state index in [0.29, 0.717) is 44.4 Å². The molecule has 2 aliphatic rings. The van der Waals surface area contributed by atoms with Gasteiger partial charge in [0.15, 0.2) is 5.82 Å². The number of anilines is 1. The van der Waals surface area contributed by atoms with Crippen molar-refractivity contribution in [1.29, 1.82) is 0 Å². The van der Waals surface area contributed by atoms with Gasteiger partial charge in [0.25, 0.3) is 0 Å². The molecule has 1 aromatic heterocycles. The average Bonchev–Trinajstić information content (AvgIpc) is 3.48. The number of benzene rings is 1. The topological polar surface area (TPSA) is 104 Å². The smallest absolute Gasteiger partial charge is 0.238 e. The lowest BCUT2D eigenvalue weighted by Gasteiger charge is -2.35. The number of rotatable bonds is 8. The molecule has 0 atom stereocenters. The zero-order valence-electron chi connectivity index (χ0n) is 19.6. The zero-order valence-corrected chi connectivity index (χ0v) is 19.6. The summed E-state index contributed by atoms with van der Waals surface area (Å²) in [6.45, 7) is 7.05. The van der Waals surface area contributed by atoms with Crippen molar-refractivity contribution in [3.05, 3.63) is 41.5 Å². The van der Waals surface area contributed by atoms with Gasteiger partial charge in [-0.2, -0.15) is 4.98 Å². The van der Waals surface area contributed by atoms with E-state index in [-0.39, 0.29) is 23.9 Å². The Kier molecular flexibility index (Phi) is 7.39. The van der Waals surface area contributed by atoms with Crippen LogP contribution in [0.1, 0.15) is 49.9 Å². The quantitative estimate of drug-likeness (QED) is 0.629. The highest BCUT2D eigenvalue weighted by molar-refractivity contribution is 5.93. The molecule has 0 radical (unpaired) electrons. The van der Waals surface area contributed by atoms with Crippen LogP contribution in [0.5, 0.6) is 0 Å². The highest BCUT2D eigenvalue weighted by Gasteiger charge is 2.40. The highest BCUT2D eigenvalue weighted by Crippen LogP contribution is 2.37. The molecule has 0 spiro atoms. The minimum atomic E-state index is -0.373. The van der Waals surface area contributed by atoms with Crippen LogP contribution in [0.2, 0.25) is 0 Å². The van der Waals surface area contributed by atoms with E-state index in [1.165, 1.54) is 0 Å². The number of hydrogen-bond acceptors (Lipinski definition) is 7. The van der Waals surface area contributed by atoms with Crippen LogP contribution >= 0.6 is 0 Å². The van der Waals surface area contributed by atoms with E-state index in [1.807, 2.05) is 29.2 Å². The first-order chi connectivity index (χ1) is 16.0. The summed E-state index contributed by atoms with van der Waals surface area (Å²) < 4.78 is 5.18. The summed E-state index contributed by atoms with van der Waals surface area (Å²) in [5, 5.41) is 10.6. The van der Waals surface area contributed by atoms with E-state index < -0.39 is 0 Å². The van der Waals surface area contributed by atoms with Crippen LogP contribution in [0, 0.1) is 6.92 Å². The second kappa shape index (κ2) is 10.4.